The Morgan fingerprint density at radius 3 is 1.50 bits per heavy atom. The summed E-state index contributed by atoms with van der Waals surface area (Å²) in [5.41, 5.74) is 1.00. The monoisotopic (exact) mass is 257 g/mol. The van der Waals surface area contributed by atoms with Crippen LogP contribution in [0, 0.1) is 5.21 Å². The normalized spacial score (nSPS) is 12.0. The van der Waals surface area contributed by atoms with Gasteiger partial charge in [0.15, 0.2) is 0 Å². The maximum absolute atomic E-state index is 10.7. The van der Waals surface area contributed by atoms with Crippen molar-refractivity contribution in [3.8, 4) is 0 Å². The molecule has 0 aliphatic carbocycles. The van der Waals surface area contributed by atoms with E-state index in [2.05, 4.69) is 6.92 Å². The van der Waals surface area contributed by atoms with Crippen molar-refractivity contribution in [3.63, 3.8) is 0 Å². The van der Waals surface area contributed by atoms with Gasteiger partial charge < -0.3 is 10.7 Å². The lowest BCUT2D eigenvalue weighted by Gasteiger charge is -2.24. The molecular weight excluding hydrogens is 222 g/mol. The second kappa shape index (κ2) is 12.0. The number of rotatable bonds is 13. The van der Waals surface area contributed by atoms with Crippen LogP contribution in [0.5, 0.6) is 0 Å². The van der Waals surface area contributed by atoms with Crippen molar-refractivity contribution in [2.24, 2.45) is 0 Å². The molecule has 18 heavy (non-hydrogen) atoms. The van der Waals surface area contributed by atoms with E-state index in [1.807, 2.05) is 13.8 Å². The van der Waals surface area contributed by atoms with Gasteiger partial charge in [-0.25, -0.2) is 0 Å². The zero-order valence-electron chi connectivity index (χ0n) is 13.0. The Kier molecular flexibility index (Phi) is 11.9. The molecule has 0 heterocycles. The molecule has 0 bridgehead atoms. The lowest BCUT2D eigenvalue weighted by Crippen LogP contribution is -2.89. The topological polar surface area (TPSA) is 39.7 Å². The average molecular weight is 257 g/mol. The highest BCUT2D eigenvalue weighted by atomic mass is 16.5. The van der Waals surface area contributed by atoms with Crippen LogP contribution in [0.3, 0.4) is 0 Å². The Balaban J connectivity index is 3.08. The molecule has 0 rings (SSSR count). The summed E-state index contributed by atoms with van der Waals surface area (Å²) in [5.74, 6) is 0. The minimum absolute atomic E-state index is 0.0979. The van der Waals surface area contributed by atoms with Crippen LogP contribution >= 0.6 is 0 Å². The van der Waals surface area contributed by atoms with E-state index in [4.69, 9.17) is 0 Å². The van der Waals surface area contributed by atoms with Gasteiger partial charge in [0.2, 0.25) is 0 Å². The molecule has 0 aromatic carbocycles. The zero-order valence-corrected chi connectivity index (χ0v) is 13.0. The summed E-state index contributed by atoms with van der Waals surface area (Å²) in [6.07, 6.45) is 16.2. The predicted molar refractivity (Wildman–Crippen MR) is 80.4 cm³/mol. The van der Waals surface area contributed by atoms with Gasteiger partial charge in [-0.05, 0) is 20.3 Å². The van der Waals surface area contributed by atoms with Gasteiger partial charge in [0.25, 0.3) is 0 Å². The SMILES string of the molecule is CCCCCCCCCCCCCC(C)(C)[NH2+][O-]. The standard InChI is InChI=1S/C16H35NO/c1-4-5-6-7-8-9-10-11-12-13-14-15-16(2,3)17-18/h4-15,17H2,1-3H3. The van der Waals surface area contributed by atoms with Gasteiger partial charge in [-0.2, -0.15) is 0 Å². The molecular formula is C16H35NO. The molecule has 2 nitrogen and oxygen atoms in total. The highest BCUT2D eigenvalue weighted by Gasteiger charge is 2.15. The lowest BCUT2D eigenvalue weighted by molar-refractivity contribution is -0.663. The van der Waals surface area contributed by atoms with Gasteiger partial charge >= 0.3 is 0 Å². The van der Waals surface area contributed by atoms with Crippen LogP contribution in [0.25, 0.3) is 0 Å². The number of hydrogen-bond acceptors (Lipinski definition) is 1. The molecule has 0 unspecified atom stereocenters. The highest BCUT2D eigenvalue weighted by molar-refractivity contribution is 4.64. The van der Waals surface area contributed by atoms with Crippen molar-refractivity contribution >= 4 is 0 Å². The first kappa shape index (κ1) is 17.9. The molecule has 0 aromatic rings. The number of hydroxylamine groups is 1. The second-order valence-electron chi connectivity index (χ2n) is 6.39. The molecule has 0 radical (unpaired) electrons. The van der Waals surface area contributed by atoms with Gasteiger partial charge in [-0.3, -0.25) is 0 Å². The van der Waals surface area contributed by atoms with Crippen LogP contribution in [-0.4, -0.2) is 5.54 Å². The number of unbranched alkanes of at least 4 members (excludes halogenated alkanes) is 10. The largest absolute Gasteiger partial charge is 0.635 e. The molecule has 0 spiro atoms. The Hall–Kier alpha value is -0.0800. The predicted octanol–water partition coefficient (Wildman–Crippen LogP) is 4.53. The molecule has 2 N–H and O–H groups in total. The van der Waals surface area contributed by atoms with Gasteiger partial charge in [0, 0.05) is 6.42 Å². The van der Waals surface area contributed by atoms with Crippen LogP contribution in [0.15, 0.2) is 0 Å². The lowest BCUT2D eigenvalue weighted by atomic mass is 9.97. The van der Waals surface area contributed by atoms with Gasteiger partial charge in [0.1, 0.15) is 0 Å². The van der Waals surface area contributed by atoms with Gasteiger partial charge in [0.05, 0.1) is 5.54 Å². The van der Waals surface area contributed by atoms with E-state index < -0.39 is 0 Å². The molecule has 0 saturated heterocycles. The molecule has 0 fully saturated rings. The quantitative estimate of drug-likeness (QED) is 0.382. The minimum atomic E-state index is -0.0979. The Labute approximate surface area is 115 Å². The number of hydrogen-bond donors (Lipinski definition) is 1. The Morgan fingerprint density at radius 1 is 0.722 bits per heavy atom. The summed E-state index contributed by atoms with van der Waals surface area (Å²) in [7, 11) is 0. The van der Waals surface area contributed by atoms with E-state index in [1.165, 1.54) is 70.6 Å². The van der Waals surface area contributed by atoms with Crippen molar-refractivity contribution in [2.45, 2.75) is 103 Å². The number of nitrogens with two attached hydrogens (primary N) is 1. The van der Waals surface area contributed by atoms with Crippen molar-refractivity contribution < 1.29 is 5.48 Å². The van der Waals surface area contributed by atoms with E-state index in [-0.39, 0.29) is 5.54 Å². The van der Waals surface area contributed by atoms with Crippen molar-refractivity contribution in [2.75, 3.05) is 0 Å². The molecule has 0 aliphatic rings. The third-order valence-corrected chi connectivity index (χ3v) is 3.74. The summed E-state index contributed by atoms with van der Waals surface area (Å²) in [6, 6.07) is 0. The summed E-state index contributed by atoms with van der Waals surface area (Å²) in [4.78, 5) is 0. The first-order valence-corrected chi connectivity index (χ1v) is 8.09. The van der Waals surface area contributed by atoms with Crippen molar-refractivity contribution in [1.82, 2.24) is 0 Å². The second-order valence-corrected chi connectivity index (χ2v) is 6.39. The summed E-state index contributed by atoms with van der Waals surface area (Å²) < 4.78 is 0. The Morgan fingerprint density at radius 2 is 1.11 bits per heavy atom. The maximum Gasteiger partial charge on any atom is 0.0901 e. The summed E-state index contributed by atoms with van der Waals surface area (Å²) in [5, 5.41) is 10.7. The highest BCUT2D eigenvalue weighted by Crippen LogP contribution is 2.14. The van der Waals surface area contributed by atoms with E-state index in [9.17, 15) is 5.21 Å². The molecule has 0 aromatic heterocycles. The van der Waals surface area contributed by atoms with Crippen LogP contribution in [0.1, 0.15) is 97.8 Å². The third-order valence-electron chi connectivity index (χ3n) is 3.74. The fourth-order valence-corrected chi connectivity index (χ4v) is 2.30. The van der Waals surface area contributed by atoms with Crippen LogP contribution in [0.4, 0.5) is 0 Å². The van der Waals surface area contributed by atoms with Crippen molar-refractivity contribution in [1.29, 1.82) is 0 Å². The summed E-state index contributed by atoms with van der Waals surface area (Å²) in [6.45, 7) is 6.35. The Bertz CT molecular complexity index is 168. The summed E-state index contributed by atoms with van der Waals surface area (Å²) >= 11 is 0. The minimum Gasteiger partial charge on any atom is -0.635 e. The number of quaternary nitrogens is 1. The molecule has 110 valence electrons. The molecule has 0 aliphatic heterocycles. The van der Waals surface area contributed by atoms with Gasteiger partial charge in [-0.1, -0.05) is 71.1 Å². The maximum atomic E-state index is 10.7. The fraction of sp³-hybridized carbons (Fsp3) is 1.00. The molecule has 0 atom stereocenters. The third kappa shape index (κ3) is 12.4. The van der Waals surface area contributed by atoms with E-state index in [0.717, 1.165) is 11.9 Å². The molecule has 0 amide bonds. The molecule has 0 saturated carbocycles. The first-order valence-electron chi connectivity index (χ1n) is 8.09. The van der Waals surface area contributed by atoms with E-state index in [1.54, 1.807) is 0 Å². The van der Waals surface area contributed by atoms with Crippen LogP contribution in [0.2, 0.25) is 0 Å². The smallest absolute Gasteiger partial charge is 0.0901 e. The first-order chi connectivity index (χ1) is 8.62. The van der Waals surface area contributed by atoms with E-state index in [0.29, 0.717) is 0 Å². The van der Waals surface area contributed by atoms with Crippen LogP contribution in [-0.2, 0) is 0 Å². The van der Waals surface area contributed by atoms with Gasteiger partial charge in [-0.15, -0.1) is 0 Å². The van der Waals surface area contributed by atoms with E-state index >= 15 is 0 Å². The average Bonchev–Trinajstić information content (AvgIpc) is 2.36. The van der Waals surface area contributed by atoms with Crippen molar-refractivity contribution in [3.05, 3.63) is 5.21 Å². The fourth-order valence-electron chi connectivity index (χ4n) is 2.30. The van der Waals surface area contributed by atoms with Crippen LogP contribution < -0.4 is 5.48 Å². The molecule has 2 heteroatoms. The zero-order chi connectivity index (χ0) is 13.7.